The summed E-state index contributed by atoms with van der Waals surface area (Å²) >= 11 is 0. The Balaban J connectivity index is 0. The summed E-state index contributed by atoms with van der Waals surface area (Å²) in [6, 6.07) is 0. The molecular formula is C5H11NO2. The van der Waals surface area contributed by atoms with Crippen LogP contribution in [0.3, 0.4) is 0 Å². The minimum Gasteiger partial charge on any atom is -0.870 e. The second-order valence-corrected chi connectivity index (χ2v) is 2.36. The van der Waals surface area contributed by atoms with Crippen molar-refractivity contribution in [1.29, 1.82) is 0 Å². The summed E-state index contributed by atoms with van der Waals surface area (Å²) in [5.41, 5.74) is 0. The highest BCUT2D eigenvalue weighted by Gasteiger charge is 1.97. The molecule has 0 aromatic heterocycles. The van der Waals surface area contributed by atoms with Crippen molar-refractivity contribution in [3.8, 4) is 0 Å². The molecule has 0 radical (unpaired) electrons. The maximum atomic E-state index is 9.62. The highest BCUT2D eigenvalue weighted by molar-refractivity contribution is 5.42. The van der Waals surface area contributed by atoms with Crippen LogP contribution in [0.5, 0.6) is 0 Å². The van der Waals surface area contributed by atoms with E-state index in [1.54, 1.807) is 5.94 Å². The van der Waals surface area contributed by atoms with Gasteiger partial charge in [-0.25, -0.2) is 4.79 Å². The van der Waals surface area contributed by atoms with Crippen molar-refractivity contribution in [1.82, 2.24) is 0 Å². The molecule has 0 aromatic rings. The maximum absolute atomic E-state index is 9.62. The van der Waals surface area contributed by atoms with Gasteiger partial charge in [0.25, 0.3) is 0 Å². The quantitative estimate of drug-likeness (QED) is 0.354. The molecule has 8 heavy (non-hydrogen) atoms. The zero-order valence-corrected chi connectivity index (χ0v) is 5.38. The minimum absolute atomic E-state index is 0. The fourth-order valence-corrected chi connectivity index (χ4v) is 0.158. The summed E-state index contributed by atoms with van der Waals surface area (Å²) in [7, 11) is 5.68. The summed E-state index contributed by atoms with van der Waals surface area (Å²) < 4.78 is 0.545. The van der Waals surface area contributed by atoms with Crippen LogP contribution >= 0.6 is 0 Å². The SMILES string of the molecule is C[N+](C)(C)C=C=O.[OH-]. The summed E-state index contributed by atoms with van der Waals surface area (Å²) in [5, 5.41) is 0. The molecule has 0 saturated heterocycles. The first-order valence-corrected chi connectivity index (χ1v) is 2.09. The Morgan fingerprint density at radius 1 is 1.38 bits per heavy atom. The third kappa shape index (κ3) is 9.03. The third-order valence-electron chi connectivity index (χ3n) is 0.440. The fourth-order valence-electron chi connectivity index (χ4n) is 0.158. The molecule has 3 nitrogen and oxygen atoms in total. The van der Waals surface area contributed by atoms with E-state index in [0.29, 0.717) is 4.48 Å². The largest absolute Gasteiger partial charge is 0.870 e. The van der Waals surface area contributed by atoms with Gasteiger partial charge in [-0.15, -0.1) is 0 Å². The average Bonchev–Trinajstić information content (AvgIpc) is 1.30. The highest BCUT2D eigenvalue weighted by Crippen LogP contribution is 1.84. The monoisotopic (exact) mass is 117 g/mol. The van der Waals surface area contributed by atoms with Gasteiger partial charge in [-0.05, 0) is 0 Å². The van der Waals surface area contributed by atoms with Crippen LogP contribution in [0, 0.1) is 0 Å². The highest BCUT2D eigenvalue weighted by atomic mass is 16.1. The van der Waals surface area contributed by atoms with E-state index in [4.69, 9.17) is 0 Å². The molecule has 0 aromatic carbocycles. The van der Waals surface area contributed by atoms with Crippen LogP contribution in [0.1, 0.15) is 0 Å². The van der Waals surface area contributed by atoms with Gasteiger partial charge in [0.1, 0.15) is 0 Å². The van der Waals surface area contributed by atoms with E-state index in [2.05, 4.69) is 0 Å². The summed E-state index contributed by atoms with van der Waals surface area (Å²) in [6.07, 6.45) is 1.44. The lowest BCUT2D eigenvalue weighted by molar-refractivity contribution is -0.815. The summed E-state index contributed by atoms with van der Waals surface area (Å²) in [5.74, 6) is 1.70. The van der Waals surface area contributed by atoms with Crippen molar-refractivity contribution in [3.05, 3.63) is 6.20 Å². The van der Waals surface area contributed by atoms with Crippen LogP contribution in [0.25, 0.3) is 0 Å². The molecule has 0 heterocycles. The lowest BCUT2D eigenvalue weighted by Crippen LogP contribution is -2.26. The van der Waals surface area contributed by atoms with Crippen molar-refractivity contribution in [2.24, 2.45) is 0 Å². The molecule has 0 fully saturated rings. The Labute approximate surface area is 49.1 Å². The van der Waals surface area contributed by atoms with Gasteiger partial charge in [0.15, 0.2) is 12.1 Å². The molecule has 0 aliphatic heterocycles. The molecule has 1 N–H and O–H groups in total. The fraction of sp³-hybridized carbons (Fsp3) is 0.600. The number of rotatable bonds is 1. The Bertz CT molecular complexity index is 97.5. The van der Waals surface area contributed by atoms with E-state index in [-0.39, 0.29) is 5.48 Å². The van der Waals surface area contributed by atoms with E-state index in [1.165, 1.54) is 6.20 Å². The molecule has 0 aliphatic rings. The molecule has 0 saturated carbocycles. The Hall–Kier alpha value is -0.630. The van der Waals surface area contributed by atoms with E-state index >= 15 is 0 Å². The number of carbonyl (C=O) groups excluding carboxylic acids is 1. The van der Waals surface area contributed by atoms with E-state index in [9.17, 15) is 4.79 Å². The van der Waals surface area contributed by atoms with Crippen molar-refractivity contribution in [2.75, 3.05) is 21.1 Å². The van der Waals surface area contributed by atoms with Crippen molar-refractivity contribution < 1.29 is 14.8 Å². The van der Waals surface area contributed by atoms with Crippen LogP contribution in [0.4, 0.5) is 0 Å². The second-order valence-electron chi connectivity index (χ2n) is 2.36. The van der Waals surface area contributed by atoms with Crippen LogP contribution < -0.4 is 0 Å². The normalized spacial score (nSPS) is 8.88. The summed E-state index contributed by atoms with van der Waals surface area (Å²) in [4.78, 5) is 9.62. The first-order valence-electron chi connectivity index (χ1n) is 2.09. The topological polar surface area (TPSA) is 47.1 Å². The Kier molecular flexibility index (Phi) is 4.38. The van der Waals surface area contributed by atoms with Crippen LogP contribution in [-0.2, 0) is 4.79 Å². The van der Waals surface area contributed by atoms with Gasteiger partial charge in [-0.2, -0.15) is 0 Å². The smallest absolute Gasteiger partial charge is 0.183 e. The maximum Gasteiger partial charge on any atom is 0.183 e. The molecule has 0 amide bonds. The van der Waals surface area contributed by atoms with Crippen molar-refractivity contribution in [3.63, 3.8) is 0 Å². The average molecular weight is 117 g/mol. The zero-order chi connectivity index (χ0) is 5.91. The molecule has 0 spiro atoms. The van der Waals surface area contributed by atoms with Crippen molar-refractivity contribution >= 4 is 5.94 Å². The first-order chi connectivity index (χ1) is 3.06. The van der Waals surface area contributed by atoms with E-state index < -0.39 is 0 Å². The summed E-state index contributed by atoms with van der Waals surface area (Å²) in [6.45, 7) is 0. The van der Waals surface area contributed by atoms with Crippen LogP contribution in [0.2, 0.25) is 0 Å². The number of nitrogens with zero attached hydrogens (tertiary/aromatic N) is 1. The zero-order valence-electron chi connectivity index (χ0n) is 5.38. The van der Waals surface area contributed by atoms with Crippen LogP contribution in [-0.4, -0.2) is 37.0 Å². The number of hydrogen-bond donors (Lipinski definition) is 0. The molecule has 0 bridgehead atoms. The van der Waals surface area contributed by atoms with Gasteiger partial charge in [0.05, 0.1) is 21.1 Å². The standard InChI is InChI=1S/C5H10NO.H2O/c1-6(2,3)4-5-7;/h4H,1-3H3;1H2/q+1;/p-1. The first kappa shape index (κ1) is 10.4. The molecule has 0 rings (SSSR count). The molecule has 0 atom stereocenters. The van der Waals surface area contributed by atoms with Gasteiger partial charge < -0.3 is 5.48 Å². The number of hydrogen-bond acceptors (Lipinski definition) is 2. The molecule has 0 unspecified atom stereocenters. The number of quaternary nitrogens is 1. The predicted molar refractivity (Wildman–Crippen MR) is 30.2 cm³/mol. The van der Waals surface area contributed by atoms with E-state index in [0.717, 1.165) is 0 Å². The lowest BCUT2D eigenvalue weighted by atomic mass is 10.7. The Morgan fingerprint density at radius 2 is 1.75 bits per heavy atom. The lowest BCUT2D eigenvalue weighted by Gasteiger charge is -2.13. The van der Waals surface area contributed by atoms with Gasteiger partial charge in [0, 0.05) is 0 Å². The van der Waals surface area contributed by atoms with Gasteiger partial charge in [0.2, 0.25) is 0 Å². The Morgan fingerprint density at radius 3 is 1.75 bits per heavy atom. The van der Waals surface area contributed by atoms with Gasteiger partial charge in [-0.1, -0.05) is 0 Å². The molecular weight excluding hydrogens is 106 g/mol. The predicted octanol–water partition coefficient (Wildman–Crippen LogP) is -0.139. The molecule has 3 heteroatoms. The molecule has 0 aliphatic carbocycles. The van der Waals surface area contributed by atoms with Crippen LogP contribution in [0.15, 0.2) is 6.20 Å². The van der Waals surface area contributed by atoms with Gasteiger partial charge in [-0.3, -0.25) is 4.48 Å². The second kappa shape index (κ2) is 3.38. The van der Waals surface area contributed by atoms with E-state index in [1.807, 2.05) is 21.1 Å². The minimum atomic E-state index is 0. The van der Waals surface area contributed by atoms with Crippen molar-refractivity contribution in [2.45, 2.75) is 0 Å². The molecule has 48 valence electrons. The van der Waals surface area contributed by atoms with Gasteiger partial charge >= 0.3 is 0 Å². The third-order valence-corrected chi connectivity index (χ3v) is 0.440.